The van der Waals surface area contributed by atoms with Crippen LogP contribution in [0.1, 0.15) is 5.56 Å². The monoisotopic (exact) mass is 314 g/mol. The molecule has 0 aliphatic carbocycles. The van der Waals surface area contributed by atoms with Crippen LogP contribution in [0.2, 0.25) is 5.02 Å². The van der Waals surface area contributed by atoms with Crippen LogP contribution < -0.4 is 4.74 Å². The molecule has 0 N–H and O–H groups in total. The van der Waals surface area contributed by atoms with Crippen LogP contribution in [0.25, 0.3) is 10.4 Å². The zero-order valence-corrected chi connectivity index (χ0v) is 10.9. The highest BCUT2D eigenvalue weighted by Crippen LogP contribution is 2.34. The fourth-order valence-corrected chi connectivity index (χ4v) is 1.60. The molecule has 0 spiro atoms. The Morgan fingerprint density at radius 3 is 2.43 bits per heavy atom. The molecule has 1 aromatic carbocycles. The number of nitrogens with zero attached hydrogens (tertiary/aromatic N) is 4. The van der Waals surface area contributed by atoms with Crippen LogP contribution in [-0.4, -0.2) is 4.98 Å². The van der Waals surface area contributed by atoms with E-state index in [-0.39, 0.29) is 10.9 Å². The van der Waals surface area contributed by atoms with Crippen LogP contribution in [0.15, 0.2) is 41.6 Å². The van der Waals surface area contributed by atoms with E-state index in [1.165, 1.54) is 24.3 Å². The zero-order chi connectivity index (χ0) is 15.5. The summed E-state index contributed by atoms with van der Waals surface area (Å²) in [6, 6.07) is 6.64. The quantitative estimate of drug-likeness (QED) is 0.427. The third kappa shape index (κ3) is 3.77. The second-order valence-electron chi connectivity index (χ2n) is 3.79. The number of halogens is 4. The molecule has 1 aromatic heterocycles. The summed E-state index contributed by atoms with van der Waals surface area (Å²) in [6.45, 7) is 0. The Balaban J connectivity index is 2.21. The zero-order valence-electron chi connectivity index (χ0n) is 10.2. The Bertz CT molecular complexity index is 697. The molecular weight excluding hydrogens is 309 g/mol. The van der Waals surface area contributed by atoms with Gasteiger partial charge in [0.1, 0.15) is 10.8 Å². The van der Waals surface area contributed by atoms with Gasteiger partial charge in [0.2, 0.25) is 5.88 Å². The molecule has 0 fully saturated rings. The molecule has 21 heavy (non-hydrogen) atoms. The van der Waals surface area contributed by atoms with Gasteiger partial charge in [0, 0.05) is 16.8 Å². The molecule has 1 heterocycles. The lowest BCUT2D eigenvalue weighted by atomic mass is 10.3. The Morgan fingerprint density at radius 1 is 1.24 bits per heavy atom. The van der Waals surface area contributed by atoms with Crippen LogP contribution >= 0.6 is 11.6 Å². The van der Waals surface area contributed by atoms with Gasteiger partial charge < -0.3 is 4.74 Å². The minimum Gasteiger partial charge on any atom is -0.438 e. The van der Waals surface area contributed by atoms with Crippen molar-refractivity contribution in [2.75, 3.05) is 0 Å². The van der Waals surface area contributed by atoms with Gasteiger partial charge in [-0.2, -0.15) is 13.2 Å². The fourth-order valence-electron chi connectivity index (χ4n) is 1.40. The number of benzene rings is 1. The second kappa shape index (κ2) is 5.90. The standard InChI is InChI=1S/C12H6ClF3N4O/c13-10-5-7(12(14,15)16)6-18-11(10)21-9-3-1-8(2-4-9)19-20-17/h1-6H. The first-order valence-electron chi connectivity index (χ1n) is 5.46. The van der Waals surface area contributed by atoms with Crippen molar-refractivity contribution in [3.05, 3.63) is 57.6 Å². The molecule has 0 radical (unpaired) electrons. The van der Waals surface area contributed by atoms with Gasteiger partial charge in [-0.1, -0.05) is 16.7 Å². The van der Waals surface area contributed by atoms with Crippen molar-refractivity contribution >= 4 is 17.3 Å². The Morgan fingerprint density at radius 2 is 1.90 bits per heavy atom. The number of hydrogen-bond donors (Lipinski definition) is 0. The largest absolute Gasteiger partial charge is 0.438 e. The van der Waals surface area contributed by atoms with Crippen LogP contribution in [0.4, 0.5) is 18.9 Å². The third-order valence-electron chi connectivity index (χ3n) is 2.35. The van der Waals surface area contributed by atoms with Gasteiger partial charge in [-0.05, 0) is 35.9 Å². The van der Waals surface area contributed by atoms with Gasteiger partial charge in [-0.3, -0.25) is 0 Å². The number of aromatic nitrogens is 1. The summed E-state index contributed by atoms with van der Waals surface area (Å²) in [5.74, 6) is 0.141. The van der Waals surface area contributed by atoms with Crippen molar-refractivity contribution in [1.29, 1.82) is 0 Å². The SMILES string of the molecule is [N-]=[N+]=Nc1ccc(Oc2ncc(C(F)(F)F)cc2Cl)cc1. The first-order chi connectivity index (χ1) is 9.90. The molecule has 0 saturated heterocycles. The average Bonchev–Trinajstić information content (AvgIpc) is 2.42. The predicted molar refractivity (Wildman–Crippen MR) is 69.6 cm³/mol. The molecule has 0 atom stereocenters. The number of hydrogen-bond acceptors (Lipinski definition) is 3. The molecule has 0 aliphatic rings. The van der Waals surface area contributed by atoms with E-state index in [1.54, 1.807) is 0 Å². The topological polar surface area (TPSA) is 70.9 Å². The maximum atomic E-state index is 12.5. The van der Waals surface area contributed by atoms with E-state index >= 15 is 0 Å². The lowest BCUT2D eigenvalue weighted by Gasteiger charge is -2.10. The Kier molecular flexibility index (Phi) is 4.21. The van der Waals surface area contributed by atoms with Crippen molar-refractivity contribution in [2.24, 2.45) is 5.11 Å². The van der Waals surface area contributed by atoms with Crippen LogP contribution in [0, 0.1) is 0 Å². The Hall–Kier alpha value is -2.44. The first-order valence-corrected chi connectivity index (χ1v) is 5.83. The molecule has 0 bridgehead atoms. The second-order valence-corrected chi connectivity index (χ2v) is 4.20. The number of ether oxygens (including phenoxy) is 1. The summed E-state index contributed by atoms with van der Waals surface area (Å²) in [7, 11) is 0. The number of azide groups is 1. The van der Waals surface area contributed by atoms with Gasteiger partial charge in [-0.15, -0.1) is 0 Å². The molecule has 9 heteroatoms. The lowest BCUT2D eigenvalue weighted by Crippen LogP contribution is -2.05. The van der Waals surface area contributed by atoms with Crippen LogP contribution in [-0.2, 0) is 6.18 Å². The van der Waals surface area contributed by atoms with Crippen molar-refractivity contribution in [1.82, 2.24) is 4.98 Å². The molecule has 108 valence electrons. The van der Waals surface area contributed by atoms with Gasteiger partial charge in [0.05, 0.1) is 5.56 Å². The number of pyridine rings is 1. The molecule has 0 amide bonds. The summed E-state index contributed by atoms with van der Waals surface area (Å²) in [4.78, 5) is 6.15. The lowest BCUT2D eigenvalue weighted by molar-refractivity contribution is -0.137. The Labute approximate surface area is 121 Å². The minimum absolute atomic E-state index is 0.152. The van der Waals surface area contributed by atoms with E-state index in [2.05, 4.69) is 15.0 Å². The normalized spacial score (nSPS) is 10.9. The minimum atomic E-state index is -4.52. The number of rotatable bonds is 3. The fraction of sp³-hybridized carbons (Fsp3) is 0.0833. The first kappa shape index (κ1) is 15.0. The molecule has 5 nitrogen and oxygen atoms in total. The van der Waals surface area contributed by atoms with Crippen LogP contribution in [0.5, 0.6) is 11.6 Å². The molecule has 2 aromatic rings. The van der Waals surface area contributed by atoms with E-state index < -0.39 is 11.7 Å². The van der Waals surface area contributed by atoms with Crippen molar-refractivity contribution in [3.8, 4) is 11.6 Å². The molecule has 2 rings (SSSR count). The van der Waals surface area contributed by atoms with Crippen molar-refractivity contribution in [3.63, 3.8) is 0 Å². The van der Waals surface area contributed by atoms with E-state index in [1.807, 2.05) is 0 Å². The van der Waals surface area contributed by atoms with Gasteiger partial charge in [0.15, 0.2) is 0 Å². The average molecular weight is 315 g/mol. The van der Waals surface area contributed by atoms with Gasteiger partial charge >= 0.3 is 6.18 Å². The molecular formula is C12H6ClF3N4O. The predicted octanol–water partition coefficient (Wildman–Crippen LogP) is 5.49. The van der Waals surface area contributed by atoms with Crippen LogP contribution in [0.3, 0.4) is 0 Å². The third-order valence-corrected chi connectivity index (χ3v) is 2.62. The van der Waals surface area contributed by atoms with E-state index in [9.17, 15) is 13.2 Å². The molecule has 0 saturated carbocycles. The maximum Gasteiger partial charge on any atom is 0.417 e. The van der Waals surface area contributed by atoms with Crippen molar-refractivity contribution in [2.45, 2.75) is 6.18 Å². The summed E-state index contributed by atoms with van der Waals surface area (Å²) < 4.78 is 42.7. The highest BCUT2D eigenvalue weighted by molar-refractivity contribution is 6.31. The highest BCUT2D eigenvalue weighted by atomic mass is 35.5. The number of alkyl halides is 3. The summed E-state index contributed by atoms with van der Waals surface area (Å²) in [5, 5.41) is 3.11. The smallest absolute Gasteiger partial charge is 0.417 e. The van der Waals surface area contributed by atoms with E-state index in [0.29, 0.717) is 17.6 Å². The van der Waals surface area contributed by atoms with Gasteiger partial charge in [-0.25, -0.2) is 4.98 Å². The molecule has 0 aliphatic heterocycles. The summed E-state index contributed by atoms with van der Waals surface area (Å²) >= 11 is 5.71. The highest BCUT2D eigenvalue weighted by Gasteiger charge is 2.31. The summed E-state index contributed by atoms with van der Waals surface area (Å²) in [5.41, 5.74) is 7.67. The van der Waals surface area contributed by atoms with Crippen molar-refractivity contribution < 1.29 is 17.9 Å². The van der Waals surface area contributed by atoms with E-state index in [4.69, 9.17) is 21.9 Å². The van der Waals surface area contributed by atoms with E-state index in [0.717, 1.165) is 6.07 Å². The maximum absolute atomic E-state index is 12.5. The van der Waals surface area contributed by atoms with Gasteiger partial charge in [0.25, 0.3) is 0 Å². The summed E-state index contributed by atoms with van der Waals surface area (Å²) in [6.07, 6.45) is -3.89. The molecule has 0 unspecified atom stereocenters.